The van der Waals surface area contributed by atoms with E-state index in [0.29, 0.717) is 43.2 Å². The van der Waals surface area contributed by atoms with Gasteiger partial charge in [0, 0.05) is 37.3 Å². The molecule has 0 unspecified atom stereocenters. The summed E-state index contributed by atoms with van der Waals surface area (Å²) in [5, 5.41) is 0. The van der Waals surface area contributed by atoms with Crippen LogP contribution in [0.1, 0.15) is 40.4 Å². The van der Waals surface area contributed by atoms with Gasteiger partial charge in [0.05, 0.1) is 0 Å². The molecule has 1 amide bonds. The minimum absolute atomic E-state index is 0.0290. The van der Waals surface area contributed by atoms with Gasteiger partial charge < -0.3 is 9.80 Å². The quantitative estimate of drug-likeness (QED) is 0.720. The maximum absolute atomic E-state index is 13.1. The third kappa shape index (κ3) is 4.14. The molecule has 0 bridgehead atoms. The largest absolute Gasteiger partial charge is 0.354 e. The van der Waals surface area contributed by atoms with Gasteiger partial charge in [-0.15, -0.1) is 4.40 Å². The molecule has 1 saturated heterocycles. The number of carbonyl (C=O) groups excluding carboxylic acids is 1. The van der Waals surface area contributed by atoms with Gasteiger partial charge in [0.15, 0.2) is 0 Å². The van der Waals surface area contributed by atoms with Crippen LogP contribution in [0.3, 0.4) is 0 Å². The Morgan fingerprint density at radius 1 is 0.935 bits per heavy atom. The normalized spacial score (nSPS) is 18.7. The number of hydrogen-bond acceptors (Lipinski definition) is 4. The van der Waals surface area contributed by atoms with Gasteiger partial charge in [-0.05, 0) is 44.4 Å². The second kappa shape index (κ2) is 8.30. The van der Waals surface area contributed by atoms with Crippen molar-refractivity contribution in [2.45, 2.75) is 27.2 Å². The third-order valence-electron chi connectivity index (χ3n) is 5.88. The molecule has 0 radical (unpaired) electrons. The summed E-state index contributed by atoms with van der Waals surface area (Å²) in [6, 6.07) is 15.0. The summed E-state index contributed by atoms with van der Waals surface area (Å²) in [5.74, 6) is 0.529. The fraction of sp³-hybridized carbons (Fsp3) is 0.333. The highest BCUT2D eigenvalue weighted by atomic mass is 32.2. The minimum Gasteiger partial charge on any atom is -0.354 e. The zero-order chi connectivity index (χ0) is 22.2. The lowest BCUT2D eigenvalue weighted by molar-refractivity contribution is 0.0763. The average molecular weight is 438 g/mol. The van der Waals surface area contributed by atoms with Crippen LogP contribution < -0.4 is 0 Å². The Balaban J connectivity index is 1.56. The van der Waals surface area contributed by atoms with Crippen LogP contribution in [-0.2, 0) is 10.0 Å². The Morgan fingerprint density at radius 2 is 1.68 bits per heavy atom. The molecule has 162 valence electrons. The molecule has 0 aromatic heterocycles. The number of benzene rings is 2. The lowest BCUT2D eigenvalue weighted by atomic mass is 10.0. The van der Waals surface area contributed by atoms with Crippen molar-refractivity contribution in [1.82, 2.24) is 9.80 Å². The van der Waals surface area contributed by atoms with Crippen molar-refractivity contribution in [3.05, 3.63) is 76.4 Å². The fourth-order valence-corrected chi connectivity index (χ4v) is 5.73. The van der Waals surface area contributed by atoms with E-state index in [9.17, 15) is 13.2 Å². The van der Waals surface area contributed by atoms with E-state index in [4.69, 9.17) is 0 Å². The molecule has 0 N–H and O–H groups in total. The molecule has 7 heteroatoms. The standard InChI is InChI=1S/C24H27N3O3S/c1-17-10-11-18(2)21(16-17)24(28)27-13-7-12-26(14-15-27)23-19(3)22(31(29,30)25-23)20-8-5-4-6-9-20/h4-6,8-11,16H,7,12-15H2,1-3H3. The number of aryl methyl sites for hydroxylation is 2. The van der Waals surface area contributed by atoms with Crippen molar-refractivity contribution in [1.29, 1.82) is 0 Å². The topological polar surface area (TPSA) is 70.1 Å². The van der Waals surface area contributed by atoms with Crippen LogP contribution in [0.25, 0.3) is 4.91 Å². The van der Waals surface area contributed by atoms with Gasteiger partial charge in [-0.2, -0.15) is 8.42 Å². The highest BCUT2D eigenvalue weighted by Crippen LogP contribution is 2.33. The van der Waals surface area contributed by atoms with Crippen molar-refractivity contribution < 1.29 is 13.2 Å². The van der Waals surface area contributed by atoms with Crippen LogP contribution in [0.2, 0.25) is 0 Å². The molecule has 2 aromatic carbocycles. The van der Waals surface area contributed by atoms with Gasteiger partial charge in [0.1, 0.15) is 10.7 Å². The molecule has 2 aromatic rings. The summed E-state index contributed by atoms with van der Waals surface area (Å²) in [4.78, 5) is 17.3. The zero-order valence-electron chi connectivity index (χ0n) is 18.1. The van der Waals surface area contributed by atoms with Gasteiger partial charge >= 0.3 is 0 Å². The first-order valence-corrected chi connectivity index (χ1v) is 11.9. The highest BCUT2D eigenvalue weighted by molar-refractivity contribution is 8.00. The van der Waals surface area contributed by atoms with Crippen LogP contribution in [0, 0.1) is 13.8 Å². The number of carbonyl (C=O) groups is 1. The summed E-state index contributed by atoms with van der Waals surface area (Å²) in [7, 11) is -3.74. The van der Waals surface area contributed by atoms with Crippen LogP contribution >= 0.6 is 0 Å². The van der Waals surface area contributed by atoms with Crippen LogP contribution in [-0.4, -0.2) is 56.1 Å². The predicted molar refractivity (Wildman–Crippen MR) is 123 cm³/mol. The van der Waals surface area contributed by atoms with Crippen molar-refractivity contribution in [2.75, 3.05) is 26.2 Å². The molecular formula is C24H27N3O3S. The molecule has 0 saturated carbocycles. The van der Waals surface area contributed by atoms with Crippen LogP contribution in [0.15, 0.2) is 58.5 Å². The third-order valence-corrected chi connectivity index (χ3v) is 7.35. The average Bonchev–Trinajstić information content (AvgIpc) is 2.90. The molecule has 1 fully saturated rings. The second-order valence-corrected chi connectivity index (χ2v) is 9.70. The maximum Gasteiger partial charge on any atom is 0.285 e. The number of amides is 1. The Hall–Kier alpha value is -2.93. The molecule has 4 rings (SSSR count). The molecule has 0 aliphatic carbocycles. The second-order valence-electron chi connectivity index (χ2n) is 8.16. The first kappa shape index (κ1) is 21.3. The monoisotopic (exact) mass is 437 g/mol. The van der Waals surface area contributed by atoms with E-state index in [1.54, 1.807) is 12.1 Å². The Morgan fingerprint density at radius 3 is 2.42 bits per heavy atom. The van der Waals surface area contributed by atoms with E-state index >= 15 is 0 Å². The van der Waals surface area contributed by atoms with E-state index in [-0.39, 0.29) is 10.8 Å². The number of nitrogens with zero attached hydrogens (tertiary/aromatic N) is 3. The summed E-state index contributed by atoms with van der Waals surface area (Å²) in [6.07, 6.45) is 0.754. The lowest BCUT2D eigenvalue weighted by Crippen LogP contribution is -2.37. The number of rotatable bonds is 2. The Labute approximate surface area is 184 Å². The zero-order valence-corrected chi connectivity index (χ0v) is 18.9. The Bertz CT molecular complexity index is 1180. The van der Waals surface area contributed by atoms with Gasteiger partial charge in [0.25, 0.3) is 15.9 Å². The van der Waals surface area contributed by atoms with Crippen molar-refractivity contribution in [3.8, 4) is 0 Å². The highest BCUT2D eigenvalue weighted by Gasteiger charge is 2.34. The molecule has 31 heavy (non-hydrogen) atoms. The number of hydrogen-bond donors (Lipinski definition) is 0. The van der Waals surface area contributed by atoms with E-state index in [1.807, 2.05) is 67.0 Å². The van der Waals surface area contributed by atoms with E-state index < -0.39 is 10.0 Å². The first-order chi connectivity index (χ1) is 14.8. The van der Waals surface area contributed by atoms with E-state index in [1.165, 1.54) is 0 Å². The van der Waals surface area contributed by atoms with Crippen LogP contribution in [0.5, 0.6) is 0 Å². The van der Waals surface area contributed by atoms with E-state index in [0.717, 1.165) is 23.1 Å². The molecule has 0 atom stereocenters. The van der Waals surface area contributed by atoms with Crippen LogP contribution in [0.4, 0.5) is 0 Å². The smallest absolute Gasteiger partial charge is 0.285 e. The summed E-state index contributed by atoms with van der Waals surface area (Å²) in [6.45, 7) is 8.12. The van der Waals surface area contributed by atoms with Gasteiger partial charge in [0.2, 0.25) is 0 Å². The van der Waals surface area contributed by atoms with E-state index in [2.05, 4.69) is 4.40 Å². The lowest BCUT2D eigenvalue weighted by Gasteiger charge is -2.24. The molecule has 6 nitrogen and oxygen atoms in total. The number of sulfonamides is 1. The van der Waals surface area contributed by atoms with Crippen molar-refractivity contribution in [3.63, 3.8) is 0 Å². The SMILES string of the molecule is CC1=C(c2ccccc2)S(=O)(=O)N=C1N1CCCN(C(=O)c2cc(C)ccc2C)CC1. The first-order valence-electron chi connectivity index (χ1n) is 10.5. The van der Waals surface area contributed by atoms with Gasteiger partial charge in [-0.1, -0.05) is 48.0 Å². The van der Waals surface area contributed by atoms with Gasteiger partial charge in [-0.3, -0.25) is 4.79 Å². The maximum atomic E-state index is 13.1. The molecular weight excluding hydrogens is 410 g/mol. The summed E-state index contributed by atoms with van der Waals surface area (Å²) in [5.41, 5.74) is 4.08. The van der Waals surface area contributed by atoms with Gasteiger partial charge in [-0.25, -0.2) is 0 Å². The van der Waals surface area contributed by atoms with Crippen molar-refractivity contribution >= 4 is 26.7 Å². The Kier molecular flexibility index (Phi) is 5.71. The van der Waals surface area contributed by atoms with Crippen molar-refractivity contribution in [2.24, 2.45) is 4.40 Å². The fourth-order valence-electron chi connectivity index (χ4n) is 4.24. The minimum atomic E-state index is -3.74. The molecule has 2 aliphatic rings. The molecule has 0 spiro atoms. The summed E-state index contributed by atoms with van der Waals surface area (Å²) < 4.78 is 29.7. The number of amidine groups is 1. The predicted octanol–water partition coefficient (Wildman–Crippen LogP) is 3.62. The summed E-state index contributed by atoms with van der Waals surface area (Å²) >= 11 is 0. The molecule has 2 heterocycles. The molecule has 2 aliphatic heterocycles.